The van der Waals surface area contributed by atoms with Gasteiger partial charge < -0.3 is 15.4 Å². The Hall–Kier alpha value is -1.20. The van der Waals surface area contributed by atoms with E-state index in [1.54, 1.807) is 0 Å². The molecule has 2 N–H and O–H groups in total. The van der Waals surface area contributed by atoms with Crippen molar-refractivity contribution in [3.8, 4) is 0 Å². The minimum atomic E-state index is 0.714. The Kier molecular flexibility index (Phi) is 4.07. The first kappa shape index (κ1) is 11.3. The van der Waals surface area contributed by atoms with Crippen LogP contribution in [0.3, 0.4) is 0 Å². The lowest BCUT2D eigenvalue weighted by Gasteiger charge is -2.26. The molecule has 0 radical (unpaired) electrons. The van der Waals surface area contributed by atoms with E-state index < -0.39 is 0 Å². The summed E-state index contributed by atoms with van der Waals surface area (Å²) in [4.78, 5) is 10.9. The van der Waals surface area contributed by atoms with E-state index in [4.69, 9.17) is 10.5 Å². The van der Waals surface area contributed by atoms with Crippen LogP contribution in [0.15, 0.2) is 12.4 Å². The first-order chi connectivity index (χ1) is 7.90. The fourth-order valence-electron chi connectivity index (χ4n) is 1.71. The van der Waals surface area contributed by atoms with Gasteiger partial charge in [-0.1, -0.05) is 0 Å². The van der Waals surface area contributed by atoms with Crippen LogP contribution in [-0.2, 0) is 11.2 Å². The average molecular weight is 222 g/mol. The molecule has 1 aromatic rings. The monoisotopic (exact) mass is 222 g/mol. The molecule has 1 saturated heterocycles. The first-order valence-corrected chi connectivity index (χ1v) is 5.74. The van der Waals surface area contributed by atoms with Crippen molar-refractivity contribution in [1.82, 2.24) is 9.97 Å². The molecule has 0 unspecified atom stereocenters. The van der Waals surface area contributed by atoms with E-state index in [1.165, 1.54) is 0 Å². The Morgan fingerprint density at radius 1 is 1.25 bits per heavy atom. The number of aromatic nitrogens is 2. The summed E-state index contributed by atoms with van der Waals surface area (Å²) in [5.41, 5.74) is 6.62. The minimum absolute atomic E-state index is 0.714. The van der Waals surface area contributed by atoms with Crippen molar-refractivity contribution >= 4 is 5.95 Å². The molecule has 5 heteroatoms. The Morgan fingerprint density at radius 2 is 1.94 bits per heavy atom. The molecule has 0 saturated carbocycles. The van der Waals surface area contributed by atoms with E-state index in [2.05, 4.69) is 14.9 Å². The van der Waals surface area contributed by atoms with E-state index in [0.29, 0.717) is 6.54 Å². The predicted molar refractivity (Wildman–Crippen MR) is 62.4 cm³/mol. The molecule has 1 aliphatic heterocycles. The Morgan fingerprint density at radius 3 is 2.56 bits per heavy atom. The van der Waals surface area contributed by atoms with Crippen molar-refractivity contribution in [2.24, 2.45) is 5.73 Å². The highest BCUT2D eigenvalue weighted by Gasteiger charge is 2.12. The van der Waals surface area contributed by atoms with Crippen LogP contribution in [0.5, 0.6) is 0 Å². The highest BCUT2D eigenvalue weighted by atomic mass is 16.5. The summed E-state index contributed by atoms with van der Waals surface area (Å²) in [6.45, 7) is 3.99. The van der Waals surface area contributed by atoms with Crippen LogP contribution < -0.4 is 10.6 Å². The summed E-state index contributed by atoms with van der Waals surface area (Å²) in [5.74, 6) is 0.805. The maximum Gasteiger partial charge on any atom is 0.225 e. The van der Waals surface area contributed by atoms with Crippen molar-refractivity contribution in [2.75, 3.05) is 37.7 Å². The summed E-state index contributed by atoms with van der Waals surface area (Å²) >= 11 is 0. The molecule has 2 rings (SSSR count). The molecule has 2 heterocycles. The molecule has 1 fully saturated rings. The van der Waals surface area contributed by atoms with Gasteiger partial charge in [0, 0.05) is 25.5 Å². The summed E-state index contributed by atoms with van der Waals surface area (Å²) in [6.07, 6.45) is 5.74. The highest BCUT2D eigenvalue weighted by molar-refractivity contribution is 5.30. The molecule has 1 aromatic heterocycles. The van der Waals surface area contributed by atoms with Gasteiger partial charge in [-0.15, -0.1) is 0 Å². The van der Waals surface area contributed by atoms with E-state index in [1.807, 2.05) is 12.4 Å². The van der Waals surface area contributed by atoms with E-state index in [-0.39, 0.29) is 0 Å². The number of anilines is 1. The summed E-state index contributed by atoms with van der Waals surface area (Å²) in [6, 6.07) is 0. The first-order valence-electron chi connectivity index (χ1n) is 5.74. The number of ether oxygens (including phenoxy) is 1. The minimum Gasteiger partial charge on any atom is -0.378 e. The smallest absolute Gasteiger partial charge is 0.225 e. The third-order valence-corrected chi connectivity index (χ3v) is 2.66. The third kappa shape index (κ3) is 2.90. The molecule has 1 aliphatic rings. The van der Waals surface area contributed by atoms with Crippen molar-refractivity contribution in [3.05, 3.63) is 18.0 Å². The number of nitrogens with zero attached hydrogens (tertiary/aromatic N) is 3. The lowest BCUT2D eigenvalue weighted by atomic mass is 10.2. The van der Waals surface area contributed by atoms with E-state index in [9.17, 15) is 0 Å². The zero-order valence-corrected chi connectivity index (χ0v) is 9.43. The lowest BCUT2D eigenvalue weighted by Crippen LogP contribution is -2.37. The normalized spacial score (nSPS) is 16.4. The van der Waals surface area contributed by atoms with Gasteiger partial charge in [0.2, 0.25) is 5.95 Å². The fraction of sp³-hybridized carbons (Fsp3) is 0.636. The maximum atomic E-state index is 5.46. The van der Waals surface area contributed by atoms with Crippen LogP contribution in [0, 0.1) is 0 Å². The van der Waals surface area contributed by atoms with Crippen LogP contribution in [0.1, 0.15) is 12.0 Å². The molecule has 0 spiro atoms. The molecule has 0 aliphatic carbocycles. The van der Waals surface area contributed by atoms with Crippen molar-refractivity contribution < 1.29 is 4.74 Å². The molecule has 0 bridgehead atoms. The van der Waals surface area contributed by atoms with Gasteiger partial charge in [-0.25, -0.2) is 9.97 Å². The summed E-state index contributed by atoms with van der Waals surface area (Å²) < 4.78 is 5.29. The molecule has 5 nitrogen and oxygen atoms in total. The molecule has 0 atom stereocenters. The van der Waals surface area contributed by atoms with Crippen LogP contribution in [0.2, 0.25) is 0 Å². The molecule has 0 amide bonds. The van der Waals surface area contributed by atoms with E-state index >= 15 is 0 Å². The molecule has 16 heavy (non-hydrogen) atoms. The number of nitrogens with two attached hydrogens (primary N) is 1. The Bertz CT molecular complexity index is 308. The Balaban J connectivity index is 1.95. The number of morpholine rings is 1. The topological polar surface area (TPSA) is 64.3 Å². The maximum absolute atomic E-state index is 5.46. The van der Waals surface area contributed by atoms with Crippen molar-refractivity contribution in [3.63, 3.8) is 0 Å². The van der Waals surface area contributed by atoms with Gasteiger partial charge in [0.05, 0.1) is 13.2 Å². The van der Waals surface area contributed by atoms with Gasteiger partial charge in [0.15, 0.2) is 0 Å². The zero-order valence-electron chi connectivity index (χ0n) is 9.43. The third-order valence-electron chi connectivity index (χ3n) is 2.66. The standard InChI is InChI=1S/C11H18N4O/c12-3-1-2-10-8-13-11(14-9-10)15-4-6-16-7-5-15/h8-9H,1-7,12H2. The molecule has 0 aromatic carbocycles. The van der Waals surface area contributed by atoms with Gasteiger partial charge in [-0.05, 0) is 24.9 Å². The van der Waals surface area contributed by atoms with Gasteiger partial charge in [-0.2, -0.15) is 0 Å². The second-order valence-electron chi connectivity index (χ2n) is 3.88. The number of rotatable bonds is 4. The summed E-state index contributed by atoms with van der Waals surface area (Å²) in [5, 5.41) is 0. The van der Waals surface area contributed by atoms with Gasteiger partial charge >= 0.3 is 0 Å². The van der Waals surface area contributed by atoms with Gasteiger partial charge in [0.25, 0.3) is 0 Å². The molecular weight excluding hydrogens is 204 g/mol. The largest absolute Gasteiger partial charge is 0.378 e. The highest BCUT2D eigenvalue weighted by Crippen LogP contribution is 2.09. The molecule has 88 valence electrons. The second kappa shape index (κ2) is 5.77. The zero-order chi connectivity index (χ0) is 11.2. The Labute approximate surface area is 95.6 Å². The van der Waals surface area contributed by atoms with Crippen molar-refractivity contribution in [1.29, 1.82) is 0 Å². The van der Waals surface area contributed by atoms with Crippen LogP contribution in [0.4, 0.5) is 5.95 Å². The van der Waals surface area contributed by atoms with Gasteiger partial charge in [-0.3, -0.25) is 0 Å². The van der Waals surface area contributed by atoms with Crippen molar-refractivity contribution in [2.45, 2.75) is 12.8 Å². The number of hydrogen-bond donors (Lipinski definition) is 1. The SMILES string of the molecule is NCCCc1cnc(N2CCOCC2)nc1. The van der Waals surface area contributed by atoms with E-state index in [0.717, 1.165) is 50.7 Å². The fourth-order valence-corrected chi connectivity index (χ4v) is 1.71. The lowest BCUT2D eigenvalue weighted by molar-refractivity contribution is 0.122. The van der Waals surface area contributed by atoms with Crippen LogP contribution in [-0.4, -0.2) is 42.8 Å². The van der Waals surface area contributed by atoms with Gasteiger partial charge in [0.1, 0.15) is 0 Å². The quantitative estimate of drug-likeness (QED) is 0.788. The second-order valence-corrected chi connectivity index (χ2v) is 3.88. The predicted octanol–water partition coefficient (Wildman–Crippen LogP) is 0.204. The average Bonchev–Trinajstić information content (AvgIpc) is 2.38. The number of hydrogen-bond acceptors (Lipinski definition) is 5. The van der Waals surface area contributed by atoms with Crippen LogP contribution in [0.25, 0.3) is 0 Å². The number of aryl methyl sites for hydroxylation is 1. The van der Waals surface area contributed by atoms with Crippen LogP contribution >= 0.6 is 0 Å². The summed E-state index contributed by atoms with van der Waals surface area (Å²) in [7, 11) is 0. The molecular formula is C11H18N4O.